The normalized spacial score (nSPS) is 11.8. The molecule has 5 rings (SSSR count). The molecule has 0 aliphatic carbocycles. The van der Waals surface area contributed by atoms with E-state index in [4.69, 9.17) is 4.84 Å². The zero-order chi connectivity index (χ0) is 25.4. The number of aryl methyl sites for hydroxylation is 1. The number of nitrogens with zero attached hydrogens (tertiary/aromatic N) is 3. The highest BCUT2D eigenvalue weighted by molar-refractivity contribution is 6.22. The minimum atomic E-state index is -0.521. The van der Waals surface area contributed by atoms with Crippen LogP contribution in [0.15, 0.2) is 90.6 Å². The van der Waals surface area contributed by atoms with Gasteiger partial charge in [-0.3, -0.25) is 10.1 Å². The van der Waals surface area contributed by atoms with Gasteiger partial charge in [0.15, 0.2) is 0 Å². The molecule has 0 fully saturated rings. The number of nitro benzene ring substituents is 1. The Bertz CT molecular complexity index is 1730. The van der Waals surface area contributed by atoms with Gasteiger partial charge in [-0.1, -0.05) is 59.8 Å². The number of carbonyl (C=O) groups is 1. The molecule has 0 atom stereocenters. The molecule has 0 aliphatic heterocycles. The molecule has 0 saturated carbocycles. The molecule has 36 heavy (non-hydrogen) atoms. The maximum absolute atomic E-state index is 12.0. The second-order valence-corrected chi connectivity index (χ2v) is 8.56. The van der Waals surface area contributed by atoms with Gasteiger partial charge in [0.1, 0.15) is 5.71 Å². The minimum Gasteiger partial charge on any atom is -0.336 e. The van der Waals surface area contributed by atoms with Gasteiger partial charge in [0, 0.05) is 52.3 Å². The van der Waals surface area contributed by atoms with Crippen LogP contribution in [0, 0.1) is 17.0 Å². The third-order valence-corrected chi connectivity index (χ3v) is 6.29. The largest absolute Gasteiger partial charge is 0.336 e. The fourth-order valence-electron chi connectivity index (χ4n) is 4.77. The van der Waals surface area contributed by atoms with Gasteiger partial charge >= 0.3 is 5.97 Å². The number of nitro groups is 1. The van der Waals surface area contributed by atoms with E-state index in [2.05, 4.69) is 16.3 Å². The van der Waals surface area contributed by atoms with Crippen LogP contribution in [-0.4, -0.2) is 21.2 Å². The summed E-state index contributed by atoms with van der Waals surface area (Å²) in [6.45, 7) is 7.71. The summed E-state index contributed by atoms with van der Waals surface area (Å²) >= 11 is 0. The van der Waals surface area contributed by atoms with Gasteiger partial charge < -0.3 is 9.40 Å². The average molecular weight is 478 g/mol. The first-order valence-electron chi connectivity index (χ1n) is 11.5. The van der Waals surface area contributed by atoms with E-state index in [0.29, 0.717) is 17.6 Å². The Morgan fingerprint density at radius 3 is 2.44 bits per heavy atom. The van der Waals surface area contributed by atoms with Crippen molar-refractivity contribution >= 4 is 49.9 Å². The third-order valence-electron chi connectivity index (χ3n) is 6.29. The molecule has 5 aromatic rings. The summed E-state index contributed by atoms with van der Waals surface area (Å²) in [7, 11) is 0. The van der Waals surface area contributed by atoms with E-state index < -0.39 is 5.97 Å². The van der Waals surface area contributed by atoms with E-state index in [1.165, 1.54) is 6.92 Å². The van der Waals surface area contributed by atoms with Crippen LogP contribution in [0.1, 0.15) is 23.6 Å². The number of allylic oxidation sites excluding steroid dienone is 1. The lowest BCUT2D eigenvalue weighted by Crippen LogP contribution is -2.08. The van der Waals surface area contributed by atoms with Crippen LogP contribution in [0.5, 0.6) is 0 Å². The topological polar surface area (TPSA) is 86.7 Å². The molecule has 0 spiro atoms. The highest BCUT2D eigenvalue weighted by atomic mass is 16.7. The summed E-state index contributed by atoms with van der Waals surface area (Å²) in [6.07, 6.45) is 1.81. The molecule has 7 nitrogen and oxygen atoms in total. The summed E-state index contributed by atoms with van der Waals surface area (Å²) in [6, 6.07) is 22.6. The Hall–Kier alpha value is -4.78. The maximum Gasteiger partial charge on any atom is 0.332 e. The Balaban J connectivity index is 1.87. The number of oxime groups is 1. The lowest BCUT2D eigenvalue weighted by Gasteiger charge is -2.10. The van der Waals surface area contributed by atoms with Gasteiger partial charge in [-0.2, -0.15) is 0 Å². The van der Waals surface area contributed by atoms with Crippen LogP contribution < -0.4 is 0 Å². The van der Waals surface area contributed by atoms with Crippen LogP contribution in [0.4, 0.5) is 5.69 Å². The van der Waals surface area contributed by atoms with Crippen LogP contribution in [0.25, 0.3) is 32.6 Å². The van der Waals surface area contributed by atoms with E-state index >= 15 is 0 Å². The molecule has 1 aromatic heterocycles. The number of carbonyl (C=O) groups excluding carboxylic acids is 1. The number of rotatable bonds is 6. The Morgan fingerprint density at radius 2 is 1.75 bits per heavy atom. The molecule has 7 heteroatoms. The molecular weight excluding hydrogens is 454 g/mol. The SMILES string of the molecule is C=CCn1c2ccc(/C(=N/OC(C)=O)c3ccccc3C)cc2c2cc([N+](=O)[O-])c3ccccc3c21. The molecule has 0 saturated heterocycles. The molecular formula is C29H23N3O4. The van der Waals surface area contributed by atoms with Crippen LogP contribution in [-0.2, 0) is 16.2 Å². The van der Waals surface area contributed by atoms with Gasteiger partial charge in [-0.25, -0.2) is 4.79 Å². The van der Waals surface area contributed by atoms with Crippen molar-refractivity contribution in [2.45, 2.75) is 20.4 Å². The van der Waals surface area contributed by atoms with Crippen molar-refractivity contribution in [3.05, 3.63) is 112 Å². The third kappa shape index (κ3) is 3.80. The summed E-state index contributed by atoms with van der Waals surface area (Å²) in [5.41, 5.74) is 4.89. The van der Waals surface area contributed by atoms with E-state index in [-0.39, 0.29) is 10.6 Å². The first-order valence-corrected chi connectivity index (χ1v) is 11.5. The van der Waals surface area contributed by atoms with Crippen LogP contribution in [0.2, 0.25) is 0 Å². The standard InChI is InChI=1S/C29H23N3O4/c1-4-15-31-26-14-13-20(28(30-36-19(3)33)21-10-6-5-9-18(21)2)16-24(26)25-17-27(32(34)35)22-11-7-8-12-23(22)29(25)31/h4-14,16-17H,1,15H2,2-3H3/b30-28-. The highest BCUT2D eigenvalue weighted by Crippen LogP contribution is 2.39. The van der Waals surface area contributed by atoms with E-state index in [1.807, 2.05) is 67.6 Å². The average Bonchev–Trinajstić information content (AvgIpc) is 3.18. The molecule has 0 bridgehead atoms. The number of non-ortho nitro benzene ring substituents is 1. The maximum atomic E-state index is 12.0. The number of fused-ring (bicyclic) bond motifs is 5. The van der Waals surface area contributed by atoms with Gasteiger partial charge in [0.2, 0.25) is 0 Å². The van der Waals surface area contributed by atoms with Gasteiger partial charge in [0.05, 0.1) is 15.8 Å². The van der Waals surface area contributed by atoms with Gasteiger partial charge in [-0.05, 0) is 30.7 Å². The monoisotopic (exact) mass is 477 g/mol. The Morgan fingerprint density at radius 1 is 1.03 bits per heavy atom. The van der Waals surface area contributed by atoms with Crippen molar-refractivity contribution in [2.75, 3.05) is 0 Å². The summed E-state index contributed by atoms with van der Waals surface area (Å²) in [4.78, 5) is 28.3. The molecule has 178 valence electrons. The predicted molar refractivity (Wildman–Crippen MR) is 142 cm³/mol. The lowest BCUT2D eigenvalue weighted by molar-refractivity contribution is -0.382. The quantitative estimate of drug-likeness (QED) is 0.0899. The molecule has 0 N–H and O–H groups in total. The van der Waals surface area contributed by atoms with E-state index in [1.54, 1.807) is 18.2 Å². The molecule has 0 radical (unpaired) electrons. The fraction of sp³-hybridized carbons (Fsp3) is 0.103. The first-order chi connectivity index (χ1) is 17.4. The van der Waals surface area contributed by atoms with Crippen molar-refractivity contribution in [2.24, 2.45) is 5.16 Å². The predicted octanol–water partition coefficient (Wildman–Crippen LogP) is 6.67. The van der Waals surface area contributed by atoms with Crippen molar-refractivity contribution in [3.63, 3.8) is 0 Å². The smallest absolute Gasteiger partial charge is 0.332 e. The second kappa shape index (κ2) is 9.11. The number of benzene rings is 4. The fourth-order valence-corrected chi connectivity index (χ4v) is 4.77. The van der Waals surface area contributed by atoms with E-state index in [9.17, 15) is 14.9 Å². The first kappa shape index (κ1) is 23.0. The highest BCUT2D eigenvalue weighted by Gasteiger charge is 2.21. The molecule has 0 amide bonds. The summed E-state index contributed by atoms with van der Waals surface area (Å²) in [5.74, 6) is -0.521. The van der Waals surface area contributed by atoms with Crippen molar-refractivity contribution in [1.82, 2.24) is 4.57 Å². The molecule has 0 unspecified atom stereocenters. The Kier molecular flexibility index (Phi) is 5.82. The minimum absolute atomic E-state index is 0.0499. The number of hydrogen-bond donors (Lipinski definition) is 0. The second-order valence-electron chi connectivity index (χ2n) is 8.56. The summed E-state index contributed by atoms with van der Waals surface area (Å²) < 4.78 is 2.12. The summed E-state index contributed by atoms with van der Waals surface area (Å²) in [5, 5.41) is 19.2. The van der Waals surface area contributed by atoms with Crippen molar-refractivity contribution in [1.29, 1.82) is 0 Å². The zero-order valence-electron chi connectivity index (χ0n) is 19.9. The number of hydrogen-bond acceptors (Lipinski definition) is 5. The zero-order valence-corrected chi connectivity index (χ0v) is 19.9. The molecule has 4 aromatic carbocycles. The van der Waals surface area contributed by atoms with E-state index in [0.717, 1.165) is 43.9 Å². The van der Waals surface area contributed by atoms with Gasteiger partial charge in [0.25, 0.3) is 5.69 Å². The van der Waals surface area contributed by atoms with Crippen molar-refractivity contribution < 1.29 is 14.6 Å². The number of aromatic nitrogens is 1. The van der Waals surface area contributed by atoms with Crippen molar-refractivity contribution in [3.8, 4) is 0 Å². The molecule has 1 heterocycles. The molecule has 0 aliphatic rings. The lowest BCUT2D eigenvalue weighted by atomic mass is 9.96. The van der Waals surface area contributed by atoms with Gasteiger partial charge in [-0.15, -0.1) is 6.58 Å². The van der Waals surface area contributed by atoms with Crippen LogP contribution >= 0.6 is 0 Å². The van der Waals surface area contributed by atoms with Crippen LogP contribution in [0.3, 0.4) is 0 Å². The Labute approximate surface area is 207 Å².